The minimum Gasteiger partial charge on any atom is -0.497 e. The van der Waals surface area contributed by atoms with E-state index in [9.17, 15) is 14.0 Å². The predicted octanol–water partition coefficient (Wildman–Crippen LogP) is 5.22. The van der Waals surface area contributed by atoms with Gasteiger partial charge >= 0.3 is 5.97 Å². The summed E-state index contributed by atoms with van der Waals surface area (Å²) in [6.07, 6.45) is 3.80. The van der Waals surface area contributed by atoms with E-state index in [-0.39, 0.29) is 30.2 Å². The Kier molecular flexibility index (Phi) is 7.31. The third kappa shape index (κ3) is 5.30. The number of amides is 1. The Morgan fingerprint density at radius 2 is 1.91 bits per heavy atom. The van der Waals surface area contributed by atoms with Gasteiger partial charge in [0.1, 0.15) is 11.6 Å². The number of benzene rings is 2. The Morgan fingerprint density at radius 3 is 2.56 bits per heavy atom. The van der Waals surface area contributed by atoms with Gasteiger partial charge in [-0.1, -0.05) is 12.1 Å². The molecule has 3 aromatic rings. The number of esters is 1. The number of hydrogen-bond acceptors (Lipinski definition) is 5. The van der Waals surface area contributed by atoms with Crippen molar-refractivity contribution in [1.82, 2.24) is 14.9 Å². The van der Waals surface area contributed by atoms with Gasteiger partial charge < -0.3 is 19.4 Å². The molecular weight excluding hydrogens is 505 g/mol. The van der Waals surface area contributed by atoms with E-state index < -0.39 is 11.8 Å². The topological polar surface area (TPSA) is 84.5 Å². The number of imidazole rings is 1. The van der Waals surface area contributed by atoms with Gasteiger partial charge in [-0.3, -0.25) is 4.79 Å². The minimum absolute atomic E-state index is 0.117. The normalized spacial score (nSPS) is 12.9. The molecule has 0 radical (unpaired) electrons. The van der Waals surface area contributed by atoms with Crippen LogP contribution in [0, 0.1) is 5.82 Å². The summed E-state index contributed by atoms with van der Waals surface area (Å²) in [5.74, 6) is -0.845. The zero-order valence-electron chi connectivity index (χ0n) is 18.9. The van der Waals surface area contributed by atoms with Crippen molar-refractivity contribution in [3.63, 3.8) is 0 Å². The molecule has 7 nitrogen and oxygen atoms in total. The molecule has 0 spiro atoms. The van der Waals surface area contributed by atoms with Gasteiger partial charge in [-0.05, 0) is 65.5 Å². The Balaban J connectivity index is 1.65. The molecule has 1 fully saturated rings. The second-order valence-corrected chi connectivity index (χ2v) is 8.94. The summed E-state index contributed by atoms with van der Waals surface area (Å²) in [5, 5.41) is 0. The lowest BCUT2D eigenvalue weighted by atomic mass is 10.1. The first-order valence-corrected chi connectivity index (χ1v) is 11.8. The SMILES string of the molecule is CCOC(=O)c1cc(Br)c(C(=O)N(Cc2ccc(OC)cc2)Cc2[nH]cnc2C2CC2)cc1F. The van der Waals surface area contributed by atoms with Crippen LogP contribution in [0.5, 0.6) is 5.75 Å². The van der Waals surface area contributed by atoms with Crippen molar-refractivity contribution < 1.29 is 23.5 Å². The molecule has 0 unspecified atom stereocenters. The molecular formula is C25H25BrFN3O4. The lowest BCUT2D eigenvalue weighted by Gasteiger charge is -2.24. The van der Waals surface area contributed by atoms with Crippen LogP contribution in [0.15, 0.2) is 47.2 Å². The van der Waals surface area contributed by atoms with E-state index in [4.69, 9.17) is 9.47 Å². The molecule has 1 heterocycles. The number of hydrogen-bond donors (Lipinski definition) is 1. The molecule has 34 heavy (non-hydrogen) atoms. The van der Waals surface area contributed by atoms with E-state index in [1.165, 1.54) is 6.07 Å². The van der Waals surface area contributed by atoms with Crippen molar-refractivity contribution in [2.45, 2.75) is 38.8 Å². The van der Waals surface area contributed by atoms with Gasteiger partial charge in [-0.15, -0.1) is 0 Å². The highest BCUT2D eigenvalue weighted by Crippen LogP contribution is 2.40. The summed E-state index contributed by atoms with van der Waals surface area (Å²) in [7, 11) is 1.59. The van der Waals surface area contributed by atoms with Crippen molar-refractivity contribution in [3.05, 3.63) is 81.1 Å². The first kappa shape index (κ1) is 23.9. The lowest BCUT2D eigenvalue weighted by molar-refractivity contribution is 0.0520. The van der Waals surface area contributed by atoms with E-state index in [2.05, 4.69) is 25.9 Å². The monoisotopic (exact) mass is 529 g/mol. The highest BCUT2D eigenvalue weighted by atomic mass is 79.9. The molecule has 4 rings (SSSR count). The van der Waals surface area contributed by atoms with Crippen LogP contribution in [0.2, 0.25) is 0 Å². The summed E-state index contributed by atoms with van der Waals surface area (Å²) in [5.41, 5.74) is 2.61. The molecule has 0 aliphatic heterocycles. The molecule has 1 aromatic heterocycles. The molecule has 178 valence electrons. The number of halogens is 2. The minimum atomic E-state index is -0.811. The average molecular weight is 530 g/mol. The summed E-state index contributed by atoms with van der Waals surface area (Å²) in [6, 6.07) is 9.79. The van der Waals surface area contributed by atoms with Crippen LogP contribution in [-0.4, -0.2) is 40.5 Å². The Morgan fingerprint density at radius 1 is 1.18 bits per heavy atom. The number of nitrogens with zero attached hydrogens (tertiary/aromatic N) is 2. The predicted molar refractivity (Wildman–Crippen MR) is 127 cm³/mol. The molecule has 9 heteroatoms. The summed E-state index contributed by atoms with van der Waals surface area (Å²) < 4.78 is 25.2. The van der Waals surface area contributed by atoms with Crippen LogP contribution in [0.25, 0.3) is 0 Å². The second-order valence-electron chi connectivity index (χ2n) is 8.08. The van der Waals surface area contributed by atoms with E-state index in [1.54, 1.807) is 25.3 Å². The maximum Gasteiger partial charge on any atom is 0.341 e. The highest BCUT2D eigenvalue weighted by Gasteiger charge is 2.30. The first-order chi connectivity index (χ1) is 16.4. The molecule has 1 saturated carbocycles. The van der Waals surface area contributed by atoms with E-state index in [0.717, 1.165) is 35.9 Å². The van der Waals surface area contributed by atoms with Crippen molar-refractivity contribution in [2.24, 2.45) is 0 Å². The van der Waals surface area contributed by atoms with Crippen molar-refractivity contribution in [3.8, 4) is 5.75 Å². The summed E-state index contributed by atoms with van der Waals surface area (Å²) >= 11 is 3.34. The summed E-state index contributed by atoms with van der Waals surface area (Å²) in [4.78, 5) is 34.9. The van der Waals surface area contributed by atoms with Gasteiger partial charge in [0.25, 0.3) is 5.91 Å². The third-order valence-corrected chi connectivity index (χ3v) is 6.32. The maximum atomic E-state index is 14.8. The highest BCUT2D eigenvalue weighted by molar-refractivity contribution is 9.10. The maximum absolute atomic E-state index is 14.8. The molecule has 0 saturated heterocycles. The van der Waals surface area contributed by atoms with Crippen LogP contribution in [0.3, 0.4) is 0 Å². The molecule has 2 aromatic carbocycles. The zero-order valence-corrected chi connectivity index (χ0v) is 20.5. The van der Waals surface area contributed by atoms with Crippen LogP contribution >= 0.6 is 15.9 Å². The van der Waals surface area contributed by atoms with Gasteiger partial charge in [-0.2, -0.15) is 0 Å². The van der Waals surface area contributed by atoms with Gasteiger partial charge in [0, 0.05) is 16.9 Å². The van der Waals surface area contributed by atoms with Crippen LogP contribution in [0.4, 0.5) is 4.39 Å². The zero-order chi connectivity index (χ0) is 24.2. The van der Waals surface area contributed by atoms with Crippen LogP contribution in [0.1, 0.15) is 63.4 Å². The number of H-pyrrole nitrogens is 1. The van der Waals surface area contributed by atoms with Gasteiger partial charge in [0.15, 0.2) is 0 Å². The lowest BCUT2D eigenvalue weighted by Crippen LogP contribution is -2.31. The molecule has 0 bridgehead atoms. The first-order valence-electron chi connectivity index (χ1n) is 11.0. The molecule has 1 aliphatic carbocycles. The van der Waals surface area contributed by atoms with Gasteiger partial charge in [0.2, 0.25) is 0 Å². The van der Waals surface area contributed by atoms with Crippen molar-refractivity contribution in [2.75, 3.05) is 13.7 Å². The number of rotatable bonds is 9. The van der Waals surface area contributed by atoms with Crippen LogP contribution in [-0.2, 0) is 17.8 Å². The largest absolute Gasteiger partial charge is 0.497 e. The molecule has 1 amide bonds. The fraction of sp³-hybridized carbons (Fsp3) is 0.320. The number of carbonyl (C=O) groups is 2. The number of methoxy groups -OCH3 is 1. The third-order valence-electron chi connectivity index (χ3n) is 5.67. The van der Waals surface area contributed by atoms with Gasteiger partial charge in [-0.25, -0.2) is 14.2 Å². The van der Waals surface area contributed by atoms with E-state index in [1.807, 2.05) is 24.3 Å². The van der Waals surface area contributed by atoms with Crippen molar-refractivity contribution in [1.29, 1.82) is 0 Å². The van der Waals surface area contributed by atoms with Crippen LogP contribution < -0.4 is 4.74 Å². The Hall–Kier alpha value is -3.20. The Bertz CT molecular complexity index is 1190. The standard InChI is InChI=1S/C25H25BrFN3O4/c1-3-34-25(32)19-10-20(26)18(11-21(19)27)24(31)30(12-15-4-8-17(33-2)9-5-15)13-22-23(16-6-7-16)29-14-28-22/h4-5,8-11,14,16H,3,6-7,12-13H2,1-2H3,(H,28,29). The second kappa shape index (κ2) is 10.4. The molecule has 1 N–H and O–H groups in total. The van der Waals surface area contributed by atoms with E-state index >= 15 is 0 Å². The smallest absolute Gasteiger partial charge is 0.341 e. The van der Waals surface area contributed by atoms with Gasteiger partial charge in [0.05, 0.1) is 49.1 Å². The fourth-order valence-corrected chi connectivity index (χ4v) is 4.27. The Labute approximate surface area is 205 Å². The number of carbonyl (C=O) groups excluding carboxylic acids is 2. The number of nitrogens with one attached hydrogen (secondary N) is 1. The molecule has 0 atom stereocenters. The summed E-state index contributed by atoms with van der Waals surface area (Å²) in [6.45, 7) is 2.34. The van der Waals surface area contributed by atoms with Crippen molar-refractivity contribution >= 4 is 27.8 Å². The molecule has 1 aliphatic rings. The quantitative estimate of drug-likeness (QED) is 0.384. The van der Waals surface area contributed by atoms with E-state index in [0.29, 0.717) is 22.7 Å². The number of aromatic nitrogens is 2. The average Bonchev–Trinajstić information content (AvgIpc) is 3.58. The number of aromatic amines is 1. The number of ether oxygens (including phenoxy) is 2. The fourth-order valence-electron chi connectivity index (χ4n) is 3.75.